The summed E-state index contributed by atoms with van der Waals surface area (Å²) in [6.45, 7) is 6.21. The Hall–Kier alpha value is -1.63. The number of ether oxygens (including phenoxy) is 1. The van der Waals surface area contributed by atoms with Crippen molar-refractivity contribution in [3.05, 3.63) is 45.4 Å². The van der Waals surface area contributed by atoms with Crippen LogP contribution in [0.4, 0.5) is 0 Å². The van der Waals surface area contributed by atoms with Crippen LogP contribution in [0.2, 0.25) is 0 Å². The molecule has 5 nitrogen and oxygen atoms in total. The second kappa shape index (κ2) is 10.4. The summed E-state index contributed by atoms with van der Waals surface area (Å²) < 4.78 is 4.92. The second-order valence-electron chi connectivity index (χ2n) is 8.02. The summed E-state index contributed by atoms with van der Waals surface area (Å²) in [5.41, 5.74) is -0.111. The number of thiophene rings is 1. The lowest BCUT2D eigenvalue weighted by Gasteiger charge is -2.30. The molecule has 1 aliphatic carbocycles. The van der Waals surface area contributed by atoms with Gasteiger partial charge in [0.1, 0.15) is 11.4 Å². The second-order valence-corrected chi connectivity index (χ2v) is 9.14. The molecular formula is C23H34O5S. The van der Waals surface area contributed by atoms with Crippen LogP contribution >= 0.6 is 11.3 Å². The Kier molecular flexibility index (Phi) is 8.49. The molecule has 6 heteroatoms. The third kappa shape index (κ3) is 5.50. The van der Waals surface area contributed by atoms with Crippen molar-refractivity contribution in [1.29, 1.82) is 0 Å². The molecule has 1 aliphatic rings. The molecule has 4 atom stereocenters. The number of carbonyl (C=O) groups is 1. The Bertz CT molecular complexity index is 750. The molecule has 1 heterocycles. The van der Waals surface area contributed by atoms with E-state index in [-0.39, 0.29) is 24.5 Å². The summed E-state index contributed by atoms with van der Waals surface area (Å²) in [6.07, 6.45) is 5.96. The molecule has 162 valence electrons. The summed E-state index contributed by atoms with van der Waals surface area (Å²) in [5.74, 6) is -1.20. The monoisotopic (exact) mass is 422 g/mol. The van der Waals surface area contributed by atoms with Crippen molar-refractivity contribution in [3.63, 3.8) is 0 Å². The van der Waals surface area contributed by atoms with Crippen LogP contribution in [-0.4, -0.2) is 40.1 Å². The number of esters is 1. The highest BCUT2D eigenvalue weighted by Gasteiger charge is 2.51. The van der Waals surface area contributed by atoms with E-state index in [2.05, 4.69) is 26.8 Å². The van der Waals surface area contributed by atoms with Crippen LogP contribution in [0.25, 0.3) is 0 Å². The fraction of sp³-hybridized carbons (Fsp3) is 0.609. The highest BCUT2D eigenvalue weighted by atomic mass is 32.1. The Morgan fingerprint density at radius 1 is 1.45 bits per heavy atom. The van der Waals surface area contributed by atoms with Gasteiger partial charge in [0.25, 0.3) is 0 Å². The zero-order valence-electron chi connectivity index (χ0n) is 17.9. The molecule has 2 rings (SSSR count). The number of hydrogen-bond donors (Lipinski definition) is 3. The first-order valence-corrected chi connectivity index (χ1v) is 11.2. The van der Waals surface area contributed by atoms with Gasteiger partial charge in [-0.3, -0.25) is 0 Å². The topological polar surface area (TPSA) is 87.0 Å². The van der Waals surface area contributed by atoms with Gasteiger partial charge in [0.05, 0.1) is 13.2 Å². The van der Waals surface area contributed by atoms with Gasteiger partial charge < -0.3 is 20.1 Å². The van der Waals surface area contributed by atoms with Gasteiger partial charge in [0.15, 0.2) is 0 Å². The first-order valence-electron chi connectivity index (χ1n) is 10.4. The number of methoxy groups -OCH3 is 1. The number of hydrogen-bond acceptors (Lipinski definition) is 6. The third-order valence-electron chi connectivity index (χ3n) is 5.89. The van der Waals surface area contributed by atoms with Gasteiger partial charge >= 0.3 is 5.97 Å². The van der Waals surface area contributed by atoms with Crippen LogP contribution in [0, 0.1) is 12.8 Å². The maximum atomic E-state index is 12.4. The minimum atomic E-state index is -1.67. The molecule has 3 N–H and O–H groups in total. The van der Waals surface area contributed by atoms with E-state index >= 15 is 0 Å². The molecule has 1 aromatic heterocycles. The highest BCUT2D eigenvalue weighted by molar-refractivity contribution is 7.10. The number of aryl methyl sites for hydroxylation is 1. The molecule has 0 amide bonds. The van der Waals surface area contributed by atoms with Crippen molar-refractivity contribution < 1.29 is 24.9 Å². The quantitative estimate of drug-likeness (QED) is 0.231. The van der Waals surface area contributed by atoms with E-state index < -0.39 is 23.6 Å². The molecule has 0 bridgehead atoms. The Morgan fingerprint density at radius 3 is 2.76 bits per heavy atom. The predicted octanol–water partition coefficient (Wildman–Crippen LogP) is 4.78. The van der Waals surface area contributed by atoms with Crippen molar-refractivity contribution >= 4 is 17.3 Å². The number of unbranched alkanes of at least 4 members (excludes halogenated alkanes) is 2. The van der Waals surface area contributed by atoms with Crippen LogP contribution in [0.15, 0.2) is 34.9 Å². The minimum absolute atomic E-state index is 0.00598. The standard InChI is InChI=1S/C23H34O5S/c1-5-6-7-8-19(22(26)28-4)20-13-17(24)14-23(20,27)21(25)10-9-15(2)18-11-12-29-16(18)3/h8,10-12,15,17,20,24-25,27H,5-7,9,13-14H2,1-4H3/b19-8?,21-10+/t15?,17-,20?,23-/m1/s1. The van der Waals surface area contributed by atoms with Gasteiger partial charge in [-0.2, -0.15) is 0 Å². The normalized spacial score (nSPS) is 26.6. The van der Waals surface area contributed by atoms with E-state index in [1.807, 2.05) is 5.38 Å². The maximum Gasteiger partial charge on any atom is 0.333 e. The fourth-order valence-electron chi connectivity index (χ4n) is 4.16. The van der Waals surface area contributed by atoms with E-state index in [0.717, 1.165) is 12.8 Å². The van der Waals surface area contributed by atoms with Crippen LogP contribution < -0.4 is 0 Å². The third-order valence-corrected chi connectivity index (χ3v) is 6.75. The van der Waals surface area contributed by atoms with Gasteiger partial charge in [-0.25, -0.2) is 4.79 Å². The van der Waals surface area contributed by atoms with Crippen LogP contribution in [-0.2, 0) is 9.53 Å². The van der Waals surface area contributed by atoms with Crippen molar-refractivity contribution in [1.82, 2.24) is 0 Å². The van der Waals surface area contributed by atoms with Crippen LogP contribution in [0.3, 0.4) is 0 Å². The lowest BCUT2D eigenvalue weighted by atomic mass is 9.81. The predicted molar refractivity (Wildman–Crippen MR) is 116 cm³/mol. The minimum Gasteiger partial charge on any atom is -0.510 e. The Balaban J connectivity index is 2.27. The number of aliphatic hydroxyl groups is 3. The first kappa shape index (κ1) is 23.6. The average Bonchev–Trinajstić information content (AvgIpc) is 3.25. The van der Waals surface area contributed by atoms with Gasteiger partial charge in [-0.15, -0.1) is 11.3 Å². The fourth-order valence-corrected chi connectivity index (χ4v) is 4.99. The lowest BCUT2D eigenvalue weighted by Crippen LogP contribution is -2.38. The number of carbonyl (C=O) groups excluding carboxylic acids is 1. The molecule has 0 aromatic carbocycles. The van der Waals surface area contributed by atoms with E-state index in [9.17, 15) is 20.1 Å². The summed E-state index contributed by atoms with van der Waals surface area (Å²) in [6, 6.07) is 2.08. The van der Waals surface area contributed by atoms with E-state index in [1.54, 1.807) is 23.5 Å². The van der Waals surface area contributed by atoms with Crippen molar-refractivity contribution in [2.75, 3.05) is 7.11 Å². The van der Waals surface area contributed by atoms with Crippen molar-refractivity contribution in [2.45, 2.75) is 76.9 Å². The van der Waals surface area contributed by atoms with Crippen LogP contribution in [0.5, 0.6) is 0 Å². The van der Waals surface area contributed by atoms with Gasteiger partial charge in [-0.05, 0) is 55.2 Å². The summed E-state index contributed by atoms with van der Waals surface area (Å²) in [5, 5.41) is 34.4. The molecule has 1 aromatic rings. The number of allylic oxidation sites excluding steroid dienone is 2. The smallest absolute Gasteiger partial charge is 0.333 e. The van der Waals surface area contributed by atoms with Gasteiger partial charge in [0, 0.05) is 22.8 Å². The van der Waals surface area contributed by atoms with E-state index in [0.29, 0.717) is 18.4 Å². The molecule has 2 unspecified atom stereocenters. The molecule has 1 saturated carbocycles. The van der Waals surface area contributed by atoms with Crippen molar-refractivity contribution in [2.24, 2.45) is 5.92 Å². The largest absolute Gasteiger partial charge is 0.510 e. The number of aliphatic hydroxyl groups excluding tert-OH is 2. The summed E-state index contributed by atoms with van der Waals surface area (Å²) in [7, 11) is 1.31. The molecule has 0 spiro atoms. The zero-order valence-corrected chi connectivity index (χ0v) is 18.7. The molecule has 1 fully saturated rings. The molecule has 0 radical (unpaired) electrons. The molecule has 0 saturated heterocycles. The maximum absolute atomic E-state index is 12.4. The number of rotatable bonds is 9. The SMILES string of the molecule is CCCCC=C(C(=O)OC)C1C[C@@H](O)C[C@]1(O)/C(O)=C\CC(C)c1ccsc1C. The van der Waals surface area contributed by atoms with E-state index in [4.69, 9.17) is 4.74 Å². The summed E-state index contributed by atoms with van der Waals surface area (Å²) in [4.78, 5) is 13.6. The lowest BCUT2D eigenvalue weighted by molar-refractivity contribution is -0.137. The Labute approximate surface area is 177 Å². The Morgan fingerprint density at radius 2 is 2.17 bits per heavy atom. The molecule has 0 aliphatic heterocycles. The van der Waals surface area contributed by atoms with E-state index in [1.165, 1.54) is 17.6 Å². The summed E-state index contributed by atoms with van der Waals surface area (Å²) >= 11 is 1.69. The van der Waals surface area contributed by atoms with Crippen molar-refractivity contribution in [3.8, 4) is 0 Å². The molecular weight excluding hydrogens is 388 g/mol. The molecule has 29 heavy (non-hydrogen) atoms. The van der Waals surface area contributed by atoms with Gasteiger partial charge in [0.2, 0.25) is 0 Å². The van der Waals surface area contributed by atoms with Crippen LogP contribution in [0.1, 0.15) is 68.7 Å². The highest BCUT2D eigenvalue weighted by Crippen LogP contribution is 2.45. The first-order chi connectivity index (χ1) is 13.7. The van der Waals surface area contributed by atoms with Gasteiger partial charge in [-0.1, -0.05) is 32.8 Å². The zero-order chi connectivity index (χ0) is 21.6. The average molecular weight is 423 g/mol.